The number of amides is 2. The van der Waals surface area contributed by atoms with Gasteiger partial charge in [-0.1, -0.05) is 74.5 Å². The molecule has 0 aliphatic rings. The summed E-state index contributed by atoms with van der Waals surface area (Å²) in [6, 6.07) is 40.7. The third-order valence-electron chi connectivity index (χ3n) is 8.63. The fourth-order valence-electron chi connectivity index (χ4n) is 5.65. The molecule has 10 heteroatoms. The third kappa shape index (κ3) is 8.41. The summed E-state index contributed by atoms with van der Waals surface area (Å²) in [6.07, 6.45) is 0. The summed E-state index contributed by atoms with van der Waals surface area (Å²) in [5, 5.41) is 28.1. The van der Waals surface area contributed by atoms with E-state index in [0.717, 1.165) is 11.1 Å². The molecule has 0 radical (unpaired) electrons. The minimum atomic E-state index is -1.42. The predicted molar refractivity (Wildman–Crippen MR) is 195 cm³/mol. The van der Waals surface area contributed by atoms with E-state index in [9.17, 15) is 29.4 Å². The van der Waals surface area contributed by atoms with Gasteiger partial charge in [0.2, 0.25) is 0 Å². The fraction of sp³-hybridized carbons (Fsp3) is 0.0698. The van der Waals surface area contributed by atoms with E-state index >= 15 is 0 Å². The van der Waals surface area contributed by atoms with Crippen LogP contribution in [0.4, 0.5) is 11.4 Å². The normalized spacial score (nSPS) is 10.9. The summed E-state index contributed by atoms with van der Waals surface area (Å²) >= 11 is 0. The number of benzene rings is 6. The Hall–Kier alpha value is -7.20. The van der Waals surface area contributed by atoms with Gasteiger partial charge in [-0.15, -0.1) is 0 Å². The van der Waals surface area contributed by atoms with Gasteiger partial charge in [-0.05, 0) is 96.1 Å². The molecule has 0 saturated heterocycles. The van der Waals surface area contributed by atoms with Gasteiger partial charge >= 0.3 is 0 Å². The molecule has 2 amide bonds. The maximum absolute atomic E-state index is 12.7. The molecule has 0 atom stereocenters. The fourth-order valence-corrected chi connectivity index (χ4v) is 5.65. The Morgan fingerprint density at radius 2 is 0.717 bits per heavy atom. The van der Waals surface area contributed by atoms with Crippen molar-refractivity contribution in [2.45, 2.75) is 19.3 Å². The lowest BCUT2D eigenvalue weighted by atomic mass is 9.78. The molecule has 0 bridgehead atoms. The number of carbonyl (C=O) groups is 4. The molecule has 0 unspecified atom stereocenters. The number of aromatic carboxylic acids is 2. The Balaban J connectivity index is 1.03. The molecular formula is C43H32N2O8-2. The monoisotopic (exact) mass is 704 g/mol. The molecule has 0 aliphatic carbocycles. The van der Waals surface area contributed by atoms with Gasteiger partial charge in [-0.25, -0.2) is 0 Å². The maximum atomic E-state index is 12.7. The zero-order chi connectivity index (χ0) is 37.5. The number of carboxylic acid groups (broad SMARTS) is 2. The molecule has 2 N–H and O–H groups in total. The van der Waals surface area contributed by atoms with Gasteiger partial charge in [0.05, 0.1) is 11.9 Å². The van der Waals surface area contributed by atoms with Crippen LogP contribution in [0.2, 0.25) is 0 Å². The maximum Gasteiger partial charge on any atom is 0.256 e. The van der Waals surface area contributed by atoms with Crippen molar-refractivity contribution < 1.29 is 38.9 Å². The molecule has 0 spiro atoms. The predicted octanol–water partition coefficient (Wildman–Crippen LogP) is 6.83. The molecule has 0 aliphatic heterocycles. The number of anilines is 2. The van der Waals surface area contributed by atoms with E-state index in [0.29, 0.717) is 34.4 Å². The van der Waals surface area contributed by atoms with Crippen molar-refractivity contribution in [2.75, 3.05) is 10.6 Å². The minimum absolute atomic E-state index is 0.00968. The second-order valence-electron chi connectivity index (χ2n) is 12.5. The van der Waals surface area contributed by atoms with Crippen LogP contribution >= 0.6 is 0 Å². The molecule has 0 saturated carbocycles. The van der Waals surface area contributed by atoms with Gasteiger partial charge < -0.3 is 39.9 Å². The Kier molecular flexibility index (Phi) is 10.3. The molecule has 0 fully saturated rings. The number of nitrogens with one attached hydrogen (secondary N) is 2. The van der Waals surface area contributed by atoms with Crippen molar-refractivity contribution in [1.82, 2.24) is 0 Å². The van der Waals surface area contributed by atoms with E-state index in [2.05, 4.69) is 24.5 Å². The number of hydrogen-bond acceptors (Lipinski definition) is 8. The molecule has 6 aromatic carbocycles. The summed E-state index contributed by atoms with van der Waals surface area (Å²) in [6.45, 7) is 4.24. The average Bonchev–Trinajstić information content (AvgIpc) is 3.16. The zero-order valence-electron chi connectivity index (χ0n) is 28.6. The lowest BCUT2D eigenvalue weighted by Gasteiger charge is -2.26. The van der Waals surface area contributed by atoms with Gasteiger partial charge in [0, 0.05) is 39.0 Å². The molecule has 53 heavy (non-hydrogen) atoms. The number of rotatable bonds is 12. The molecule has 6 rings (SSSR count). The molecule has 6 aromatic rings. The van der Waals surface area contributed by atoms with Crippen molar-refractivity contribution in [1.29, 1.82) is 0 Å². The Labute approximate surface area is 305 Å². The smallest absolute Gasteiger partial charge is 0.256 e. The molecule has 0 aromatic heterocycles. The van der Waals surface area contributed by atoms with E-state index in [1.165, 1.54) is 36.4 Å². The second kappa shape index (κ2) is 15.4. The van der Waals surface area contributed by atoms with Gasteiger partial charge in [-0.3, -0.25) is 9.59 Å². The summed E-state index contributed by atoms with van der Waals surface area (Å²) in [7, 11) is 0. The zero-order valence-corrected chi connectivity index (χ0v) is 28.6. The van der Waals surface area contributed by atoms with Gasteiger partial charge in [0.1, 0.15) is 23.0 Å². The summed E-state index contributed by atoms with van der Waals surface area (Å²) in [5.74, 6) is -1.60. The van der Waals surface area contributed by atoms with Crippen LogP contribution in [-0.4, -0.2) is 23.8 Å². The van der Waals surface area contributed by atoms with Gasteiger partial charge in [0.15, 0.2) is 0 Å². The lowest BCUT2D eigenvalue weighted by Crippen LogP contribution is -2.26. The summed E-state index contributed by atoms with van der Waals surface area (Å²) in [4.78, 5) is 48.0. The highest BCUT2D eigenvalue weighted by molar-refractivity contribution is 6.11. The SMILES string of the molecule is CC(C)(c1ccc(Oc2ccc(NC(=O)c3ccccc3C(=O)[O-])cc2)cc1)c1ccc(Oc2ccc(NC(=O)c3ccccc3C(=O)[O-])cc2)cc1. The van der Waals surface area contributed by atoms with Gasteiger partial charge in [-0.2, -0.15) is 0 Å². The molecular weight excluding hydrogens is 672 g/mol. The number of carbonyl (C=O) groups excluding carboxylic acids is 4. The van der Waals surface area contributed by atoms with Crippen LogP contribution in [0, 0.1) is 0 Å². The summed E-state index contributed by atoms with van der Waals surface area (Å²) in [5.41, 5.74) is 2.38. The average molecular weight is 705 g/mol. The Bertz CT molecular complexity index is 2120. The largest absolute Gasteiger partial charge is 0.545 e. The molecule has 264 valence electrons. The minimum Gasteiger partial charge on any atom is -0.545 e. The highest BCUT2D eigenvalue weighted by Crippen LogP contribution is 2.35. The Morgan fingerprint density at radius 1 is 0.434 bits per heavy atom. The van der Waals surface area contributed by atoms with Crippen LogP contribution in [0.1, 0.15) is 66.4 Å². The van der Waals surface area contributed by atoms with E-state index in [1.807, 2.05) is 48.5 Å². The topological polar surface area (TPSA) is 157 Å². The van der Waals surface area contributed by atoms with E-state index < -0.39 is 23.8 Å². The summed E-state index contributed by atoms with van der Waals surface area (Å²) < 4.78 is 12.0. The highest BCUT2D eigenvalue weighted by atomic mass is 16.5. The Morgan fingerprint density at radius 3 is 1.02 bits per heavy atom. The first-order valence-corrected chi connectivity index (χ1v) is 16.5. The van der Waals surface area contributed by atoms with Gasteiger partial charge in [0.25, 0.3) is 11.8 Å². The quantitative estimate of drug-likeness (QED) is 0.140. The van der Waals surface area contributed by atoms with Crippen molar-refractivity contribution in [3.05, 3.63) is 179 Å². The number of ether oxygens (including phenoxy) is 2. The van der Waals surface area contributed by atoms with Crippen LogP contribution in [0.3, 0.4) is 0 Å². The van der Waals surface area contributed by atoms with Crippen molar-refractivity contribution in [3.8, 4) is 23.0 Å². The van der Waals surface area contributed by atoms with E-state index in [-0.39, 0.29) is 27.7 Å². The van der Waals surface area contributed by atoms with Crippen LogP contribution in [0.5, 0.6) is 23.0 Å². The van der Waals surface area contributed by atoms with E-state index in [1.54, 1.807) is 60.7 Å². The van der Waals surface area contributed by atoms with E-state index in [4.69, 9.17) is 9.47 Å². The van der Waals surface area contributed by atoms with Crippen LogP contribution in [-0.2, 0) is 5.41 Å². The van der Waals surface area contributed by atoms with Crippen molar-refractivity contribution in [2.24, 2.45) is 0 Å². The second-order valence-corrected chi connectivity index (χ2v) is 12.5. The molecule has 10 nitrogen and oxygen atoms in total. The first-order chi connectivity index (χ1) is 25.5. The third-order valence-corrected chi connectivity index (χ3v) is 8.63. The van der Waals surface area contributed by atoms with Crippen molar-refractivity contribution >= 4 is 35.1 Å². The highest BCUT2D eigenvalue weighted by Gasteiger charge is 2.23. The molecule has 0 heterocycles. The first-order valence-electron chi connectivity index (χ1n) is 16.5. The van der Waals surface area contributed by atoms with Crippen LogP contribution in [0.15, 0.2) is 146 Å². The number of carboxylic acids is 2. The van der Waals surface area contributed by atoms with Crippen LogP contribution in [0.25, 0.3) is 0 Å². The standard InChI is InChI=1S/C43H34N2O8/c1-43(2,27-11-19-31(20-12-27)52-33-23-15-29(16-24-33)44-39(46)35-7-3-5-9-37(35)41(48)49)28-13-21-32(22-14-28)53-34-25-17-30(18-26-34)45-40(47)36-8-4-6-10-38(36)42(50)51/h3-26H,1-2H3,(H,44,46)(H,45,47)(H,48,49)(H,50,51)/p-2. The number of hydrogen-bond donors (Lipinski definition) is 2. The first kappa shape index (κ1) is 35.6. The van der Waals surface area contributed by atoms with Crippen LogP contribution < -0.4 is 30.3 Å². The lowest BCUT2D eigenvalue weighted by molar-refractivity contribution is -0.256. The van der Waals surface area contributed by atoms with Crippen molar-refractivity contribution in [3.63, 3.8) is 0 Å².